The quantitative estimate of drug-likeness (QED) is 0.638. The highest BCUT2D eigenvalue weighted by Gasteiger charge is 2.08. The summed E-state index contributed by atoms with van der Waals surface area (Å²) in [4.78, 5) is 11.9. The van der Waals surface area contributed by atoms with Crippen molar-refractivity contribution in [3.8, 4) is 11.5 Å². The summed E-state index contributed by atoms with van der Waals surface area (Å²) in [5, 5.41) is 3.89. The molecule has 0 radical (unpaired) electrons. The van der Waals surface area contributed by atoms with Crippen molar-refractivity contribution in [2.45, 2.75) is 0 Å². The van der Waals surface area contributed by atoms with E-state index in [0.717, 1.165) is 4.47 Å². The molecule has 2 aromatic rings. The second-order valence-corrected chi connectivity index (χ2v) is 5.29. The molecular weight excluding hydrogens is 367 g/mol. The molecule has 7 heteroatoms. The van der Waals surface area contributed by atoms with Crippen molar-refractivity contribution in [3.05, 3.63) is 57.8 Å². The van der Waals surface area contributed by atoms with Crippen molar-refractivity contribution in [1.29, 1.82) is 0 Å². The van der Waals surface area contributed by atoms with Gasteiger partial charge in [0.15, 0.2) is 0 Å². The van der Waals surface area contributed by atoms with Crippen molar-refractivity contribution in [1.82, 2.24) is 5.43 Å². The zero-order valence-electron chi connectivity index (χ0n) is 12.5. The normalized spacial score (nSPS) is 10.6. The van der Waals surface area contributed by atoms with E-state index < -0.39 is 11.7 Å². The number of carbonyl (C=O) groups is 1. The van der Waals surface area contributed by atoms with Gasteiger partial charge in [0, 0.05) is 17.2 Å². The van der Waals surface area contributed by atoms with Crippen LogP contribution in [0.4, 0.5) is 4.39 Å². The van der Waals surface area contributed by atoms with Crippen LogP contribution >= 0.6 is 15.9 Å². The Morgan fingerprint density at radius 2 is 1.83 bits per heavy atom. The Morgan fingerprint density at radius 3 is 2.43 bits per heavy atom. The lowest BCUT2D eigenvalue weighted by Gasteiger charge is -2.09. The molecule has 0 aliphatic carbocycles. The maximum atomic E-state index is 12.8. The number of amides is 1. The minimum Gasteiger partial charge on any atom is -0.496 e. The molecule has 0 aliphatic rings. The van der Waals surface area contributed by atoms with Crippen molar-refractivity contribution in [2.24, 2.45) is 5.10 Å². The van der Waals surface area contributed by atoms with Crippen molar-refractivity contribution < 1.29 is 18.7 Å². The third-order valence-corrected chi connectivity index (χ3v) is 3.60. The summed E-state index contributed by atoms with van der Waals surface area (Å²) in [5.74, 6) is 0.324. The fourth-order valence-electron chi connectivity index (χ4n) is 1.81. The van der Waals surface area contributed by atoms with Crippen molar-refractivity contribution >= 4 is 28.1 Å². The monoisotopic (exact) mass is 380 g/mol. The number of nitrogens with one attached hydrogen (secondary N) is 1. The van der Waals surface area contributed by atoms with E-state index >= 15 is 0 Å². The van der Waals surface area contributed by atoms with Crippen LogP contribution in [0.2, 0.25) is 0 Å². The van der Waals surface area contributed by atoms with E-state index in [0.29, 0.717) is 22.6 Å². The fraction of sp³-hybridized carbons (Fsp3) is 0.125. The molecular formula is C16H14BrFN2O3. The van der Waals surface area contributed by atoms with Crippen LogP contribution in [0.25, 0.3) is 0 Å². The molecule has 0 fully saturated rings. The van der Waals surface area contributed by atoms with E-state index in [-0.39, 0.29) is 0 Å². The van der Waals surface area contributed by atoms with Gasteiger partial charge >= 0.3 is 0 Å². The third-order valence-electron chi connectivity index (χ3n) is 2.98. The highest BCUT2D eigenvalue weighted by molar-refractivity contribution is 9.10. The van der Waals surface area contributed by atoms with Gasteiger partial charge in [-0.25, -0.2) is 9.82 Å². The SMILES string of the molecule is COc1cc(OC)c(C=NNC(=O)c2ccc(F)cc2)cc1Br. The Morgan fingerprint density at radius 1 is 1.17 bits per heavy atom. The first kappa shape index (κ1) is 17.0. The summed E-state index contributed by atoms with van der Waals surface area (Å²) in [5.41, 5.74) is 3.34. The lowest BCUT2D eigenvalue weighted by atomic mass is 10.2. The van der Waals surface area contributed by atoms with Crippen LogP contribution in [0.1, 0.15) is 15.9 Å². The van der Waals surface area contributed by atoms with Crippen molar-refractivity contribution in [3.63, 3.8) is 0 Å². The summed E-state index contributed by atoms with van der Waals surface area (Å²) in [6.45, 7) is 0. The van der Waals surface area contributed by atoms with Crippen LogP contribution in [-0.2, 0) is 0 Å². The fourth-order valence-corrected chi connectivity index (χ4v) is 2.33. The van der Waals surface area contributed by atoms with Gasteiger partial charge in [-0.3, -0.25) is 4.79 Å². The number of benzene rings is 2. The number of ether oxygens (including phenoxy) is 2. The van der Waals surface area contributed by atoms with Crippen molar-refractivity contribution in [2.75, 3.05) is 14.2 Å². The number of methoxy groups -OCH3 is 2. The van der Waals surface area contributed by atoms with Gasteiger partial charge in [-0.2, -0.15) is 5.10 Å². The van der Waals surface area contributed by atoms with Crippen LogP contribution < -0.4 is 14.9 Å². The zero-order valence-corrected chi connectivity index (χ0v) is 14.1. The second-order valence-electron chi connectivity index (χ2n) is 4.43. The molecule has 0 aromatic heterocycles. The summed E-state index contributed by atoms with van der Waals surface area (Å²) < 4.78 is 24.0. The molecule has 1 N–H and O–H groups in total. The Kier molecular flexibility index (Phi) is 5.70. The first-order valence-electron chi connectivity index (χ1n) is 6.55. The average molecular weight is 381 g/mol. The van der Waals surface area contributed by atoms with Gasteiger partial charge in [0.05, 0.1) is 24.9 Å². The van der Waals surface area contributed by atoms with Gasteiger partial charge in [0.1, 0.15) is 17.3 Å². The molecule has 2 aromatic carbocycles. The molecule has 23 heavy (non-hydrogen) atoms. The molecule has 2 rings (SSSR count). The van der Waals surface area contributed by atoms with E-state index in [2.05, 4.69) is 26.5 Å². The number of halogens is 2. The molecule has 0 bridgehead atoms. The van der Waals surface area contributed by atoms with Crippen LogP contribution in [0.5, 0.6) is 11.5 Å². The number of hydrazone groups is 1. The Hall–Kier alpha value is -2.41. The molecule has 120 valence electrons. The predicted molar refractivity (Wildman–Crippen MR) is 88.7 cm³/mol. The molecule has 0 spiro atoms. The number of rotatable bonds is 5. The third kappa shape index (κ3) is 4.29. The minimum absolute atomic E-state index is 0.312. The van der Waals surface area contributed by atoms with Gasteiger partial charge in [0.2, 0.25) is 0 Å². The smallest absolute Gasteiger partial charge is 0.271 e. The Labute approximate surface area is 141 Å². The van der Waals surface area contributed by atoms with Crippen LogP contribution in [0.15, 0.2) is 46.0 Å². The topological polar surface area (TPSA) is 59.9 Å². The first-order valence-corrected chi connectivity index (χ1v) is 7.35. The van der Waals surface area contributed by atoms with Crippen LogP contribution in [0.3, 0.4) is 0 Å². The molecule has 0 saturated carbocycles. The van der Waals surface area contributed by atoms with Crippen LogP contribution in [-0.4, -0.2) is 26.3 Å². The molecule has 0 atom stereocenters. The zero-order chi connectivity index (χ0) is 16.8. The molecule has 1 amide bonds. The van der Waals surface area contributed by atoms with E-state index in [4.69, 9.17) is 9.47 Å². The maximum absolute atomic E-state index is 12.8. The second kappa shape index (κ2) is 7.73. The molecule has 0 aliphatic heterocycles. The first-order chi connectivity index (χ1) is 11.0. The van der Waals surface area contributed by atoms with E-state index in [9.17, 15) is 9.18 Å². The van der Waals surface area contributed by atoms with Gasteiger partial charge in [-0.15, -0.1) is 0 Å². The Bertz CT molecular complexity index is 733. The molecule has 5 nitrogen and oxygen atoms in total. The number of hydrogen-bond donors (Lipinski definition) is 1. The van der Waals surface area contributed by atoms with E-state index in [1.807, 2.05) is 0 Å². The minimum atomic E-state index is -0.437. The summed E-state index contributed by atoms with van der Waals surface area (Å²) in [6.07, 6.45) is 1.45. The highest BCUT2D eigenvalue weighted by atomic mass is 79.9. The molecule has 0 saturated heterocycles. The highest BCUT2D eigenvalue weighted by Crippen LogP contribution is 2.31. The van der Waals surface area contributed by atoms with Gasteiger partial charge in [0.25, 0.3) is 5.91 Å². The lowest BCUT2D eigenvalue weighted by Crippen LogP contribution is -2.17. The van der Waals surface area contributed by atoms with Gasteiger partial charge < -0.3 is 9.47 Å². The maximum Gasteiger partial charge on any atom is 0.271 e. The lowest BCUT2D eigenvalue weighted by molar-refractivity contribution is 0.0955. The number of nitrogens with zero attached hydrogens (tertiary/aromatic N) is 1. The average Bonchev–Trinajstić information content (AvgIpc) is 2.55. The number of carbonyl (C=O) groups excluding carboxylic acids is 1. The largest absolute Gasteiger partial charge is 0.496 e. The summed E-state index contributed by atoms with van der Waals surface area (Å²) in [6, 6.07) is 8.64. The molecule has 0 unspecified atom stereocenters. The summed E-state index contributed by atoms with van der Waals surface area (Å²) >= 11 is 3.37. The van der Waals surface area contributed by atoms with E-state index in [1.165, 1.54) is 37.6 Å². The Balaban J connectivity index is 2.12. The standard InChI is InChI=1S/C16H14BrFN2O3/c1-22-14-8-15(23-2)13(17)7-11(14)9-19-20-16(21)10-3-5-12(18)6-4-10/h3-9H,1-2H3,(H,20,21). The van der Waals surface area contributed by atoms with Gasteiger partial charge in [-0.1, -0.05) is 0 Å². The van der Waals surface area contributed by atoms with E-state index in [1.54, 1.807) is 19.2 Å². The number of hydrogen-bond acceptors (Lipinski definition) is 4. The molecule has 0 heterocycles. The summed E-state index contributed by atoms with van der Waals surface area (Å²) in [7, 11) is 3.08. The van der Waals surface area contributed by atoms with Gasteiger partial charge in [-0.05, 0) is 46.3 Å². The van der Waals surface area contributed by atoms with Crippen LogP contribution in [0, 0.1) is 5.82 Å². The predicted octanol–water partition coefficient (Wildman–Crippen LogP) is 3.37.